The molecule has 88 valence electrons. The fourth-order valence-corrected chi connectivity index (χ4v) is 3.08. The van der Waals surface area contributed by atoms with Gasteiger partial charge in [0.05, 0.1) is 10.0 Å². The van der Waals surface area contributed by atoms with Gasteiger partial charge in [-0.2, -0.15) is 0 Å². The van der Waals surface area contributed by atoms with E-state index < -0.39 is 0 Å². The highest BCUT2D eigenvalue weighted by Gasteiger charge is 2.32. The molecule has 0 N–H and O–H groups in total. The molecule has 0 saturated carbocycles. The molecule has 2 heterocycles. The normalized spacial score (nSPS) is 25.1. The Hall–Kier alpha value is -0.180. The van der Waals surface area contributed by atoms with Gasteiger partial charge in [0.25, 0.3) is 0 Å². The molecule has 0 aliphatic carbocycles. The number of aromatic nitrogens is 1. The molecule has 0 spiro atoms. The van der Waals surface area contributed by atoms with E-state index in [1.807, 2.05) is 0 Å². The molecule has 0 radical (unpaired) electrons. The molecule has 0 amide bonds. The summed E-state index contributed by atoms with van der Waals surface area (Å²) in [5, 5.41) is 1.15. The van der Waals surface area contributed by atoms with Crippen LogP contribution in [0.25, 0.3) is 0 Å². The number of nitrogens with zero attached hydrogens (tertiary/aromatic N) is 2. The van der Waals surface area contributed by atoms with Crippen molar-refractivity contribution in [2.24, 2.45) is 5.92 Å². The Labute approximate surface area is 111 Å². The predicted octanol–water partition coefficient (Wildman–Crippen LogP) is 3.84. The van der Waals surface area contributed by atoms with Gasteiger partial charge in [0.15, 0.2) is 0 Å². The van der Waals surface area contributed by atoms with Crippen LogP contribution in [0.1, 0.15) is 13.3 Å². The molecule has 16 heavy (non-hydrogen) atoms. The molecule has 0 aromatic carbocycles. The van der Waals surface area contributed by atoms with E-state index in [1.54, 1.807) is 12.3 Å². The zero-order valence-electron chi connectivity index (χ0n) is 8.96. The van der Waals surface area contributed by atoms with Gasteiger partial charge in [0.1, 0.15) is 5.82 Å². The maximum atomic E-state index is 6.15. The number of rotatable bonds is 2. The summed E-state index contributed by atoms with van der Waals surface area (Å²) < 4.78 is 0. The van der Waals surface area contributed by atoms with Gasteiger partial charge < -0.3 is 4.90 Å². The van der Waals surface area contributed by atoms with Crippen molar-refractivity contribution in [3.8, 4) is 0 Å². The highest BCUT2D eigenvalue weighted by Crippen LogP contribution is 2.34. The average Bonchev–Trinajstić information content (AvgIpc) is 2.59. The van der Waals surface area contributed by atoms with Gasteiger partial charge in [-0.1, -0.05) is 30.1 Å². The molecule has 0 bridgehead atoms. The first-order valence-electron chi connectivity index (χ1n) is 5.27. The van der Waals surface area contributed by atoms with Gasteiger partial charge in [-0.3, -0.25) is 0 Å². The zero-order chi connectivity index (χ0) is 11.7. The summed E-state index contributed by atoms with van der Waals surface area (Å²) in [6, 6.07) is 2.03. The van der Waals surface area contributed by atoms with Crippen molar-refractivity contribution in [1.82, 2.24) is 4.98 Å². The summed E-state index contributed by atoms with van der Waals surface area (Å²) in [6.07, 6.45) is 2.75. The molecule has 1 aliphatic heterocycles. The molecule has 2 unspecified atom stereocenters. The van der Waals surface area contributed by atoms with Crippen LogP contribution in [0.4, 0.5) is 5.82 Å². The molecule has 1 fully saturated rings. The largest absolute Gasteiger partial charge is 0.351 e. The van der Waals surface area contributed by atoms with E-state index in [0.29, 0.717) is 27.9 Å². The summed E-state index contributed by atoms with van der Waals surface area (Å²) in [5.74, 6) is 1.97. The quantitative estimate of drug-likeness (QED) is 0.765. The Morgan fingerprint density at radius 2 is 2.25 bits per heavy atom. The minimum Gasteiger partial charge on any atom is -0.351 e. The van der Waals surface area contributed by atoms with Crippen molar-refractivity contribution in [3.05, 3.63) is 22.3 Å². The van der Waals surface area contributed by atoms with Crippen molar-refractivity contribution in [2.45, 2.75) is 19.4 Å². The van der Waals surface area contributed by atoms with E-state index in [-0.39, 0.29) is 0 Å². The third-order valence-corrected chi connectivity index (χ3v) is 3.90. The van der Waals surface area contributed by atoms with Gasteiger partial charge >= 0.3 is 0 Å². The van der Waals surface area contributed by atoms with Gasteiger partial charge in [0, 0.05) is 24.7 Å². The lowest BCUT2D eigenvalue weighted by Crippen LogP contribution is -2.34. The molecule has 1 aliphatic rings. The van der Waals surface area contributed by atoms with Crippen molar-refractivity contribution >= 4 is 40.6 Å². The summed E-state index contributed by atoms with van der Waals surface area (Å²) in [6.45, 7) is 3.16. The fraction of sp³-hybridized carbons (Fsp3) is 0.545. The van der Waals surface area contributed by atoms with Gasteiger partial charge in [-0.05, 0) is 18.4 Å². The second kappa shape index (κ2) is 4.99. The number of alkyl halides is 1. The minimum atomic E-state index is 0.313. The molecule has 1 aromatic rings. The van der Waals surface area contributed by atoms with Crippen molar-refractivity contribution < 1.29 is 0 Å². The minimum absolute atomic E-state index is 0.313. The second-order valence-corrected chi connectivity index (χ2v) is 5.29. The lowest BCUT2D eigenvalue weighted by atomic mass is 10.1. The van der Waals surface area contributed by atoms with Crippen LogP contribution in [-0.4, -0.2) is 23.5 Å². The van der Waals surface area contributed by atoms with E-state index in [1.165, 1.54) is 0 Å². The maximum Gasteiger partial charge on any atom is 0.147 e. The number of halogens is 3. The van der Waals surface area contributed by atoms with Crippen LogP contribution in [0.5, 0.6) is 0 Å². The van der Waals surface area contributed by atoms with E-state index in [0.717, 1.165) is 18.8 Å². The van der Waals surface area contributed by atoms with E-state index in [9.17, 15) is 0 Å². The number of pyridine rings is 1. The van der Waals surface area contributed by atoms with Gasteiger partial charge in [-0.15, -0.1) is 11.6 Å². The third-order valence-electron chi connectivity index (χ3n) is 3.10. The Balaban J connectivity index is 2.30. The molecule has 1 aromatic heterocycles. The molecule has 2 nitrogen and oxygen atoms in total. The summed E-state index contributed by atoms with van der Waals surface area (Å²) in [4.78, 5) is 6.47. The number of hydrogen-bond acceptors (Lipinski definition) is 2. The molecule has 5 heteroatoms. The van der Waals surface area contributed by atoms with Crippen LogP contribution in [0.2, 0.25) is 10.0 Å². The van der Waals surface area contributed by atoms with Crippen molar-refractivity contribution in [2.75, 3.05) is 17.3 Å². The molecule has 1 saturated heterocycles. The van der Waals surface area contributed by atoms with E-state index >= 15 is 0 Å². The topological polar surface area (TPSA) is 16.1 Å². The Morgan fingerprint density at radius 3 is 2.88 bits per heavy atom. The second-order valence-electron chi connectivity index (χ2n) is 4.14. The van der Waals surface area contributed by atoms with Crippen LogP contribution < -0.4 is 4.90 Å². The first-order chi connectivity index (χ1) is 7.63. The van der Waals surface area contributed by atoms with Gasteiger partial charge in [-0.25, -0.2) is 4.98 Å². The Bertz CT molecular complexity index is 383. The molecule has 2 rings (SSSR count). The smallest absolute Gasteiger partial charge is 0.147 e. The first-order valence-corrected chi connectivity index (χ1v) is 6.56. The van der Waals surface area contributed by atoms with Crippen LogP contribution in [0.3, 0.4) is 0 Å². The SMILES string of the molecule is CC1CCN(c2ncc(Cl)cc2Cl)C1CCl. The monoisotopic (exact) mass is 278 g/mol. The Kier molecular flexibility index (Phi) is 3.83. The molecular weight excluding hydrogens is 266 g/mol. The molecular formula is C11H13Cl3N2. The maximum absolute atomic E-state index is 6.15. The van der Waals surface area contributed by atoms with Crippen molar-refractivity contribution in [3.63, 3.8) is 0 Å². The number of anilines is 1. The van der Waals surface area contributed by atoms with Crippen LogP contribution in [0.15, 0.2) is 12.3 Å². The lowest BCUT2D eigenvalue weighted by molar-refractivity contribution is 0.548. The summed E-state index contributed by atoms with van der Waals surface area (Å²) in [7, 11) is 0. The highest BCUT2D eigenvalue weighted by molar-refractivity contribution is 6.36. The third kappa shape index (κ3) is 2.24. The van der Waals surface area contributed by atoms with E-state index in [2.05, 4.69) is 16.8 Å². The fourth-order valence-electron chi connectivity index (χ4n) is 2.13. The van der Waals surface area contributed by atoms with Crippen LogP contribution >= 0.6 is 34.8 Å². The Morgan fingerprint density at radius 1 is 1.50 bits per heavy atom. The van der Waals surface area contributed by atoms with Crippen LogP contribution in [0, 0.1) is 5.92 Å². The standard InChI is InChI=1S/C11H13Cl3N2/c1-7-2-3-16(10(7)5-12)11-9(14)4-8(13)6-15-11/h4,6-7,10H,2-3,5H2,1H3. The van der Waals surface area contributed by atoms with Gasteiger partial charge in [0.2, 0.25) is 0 Å². The van der Waals surface area contributed by atoms with Crippen molar-refractivity contribution in [1.29, 1.82) is 0 Å². The molecule has 2 atom stereocenters. The highest BCUT2D eigenvalue weighted by atomic mass is 35.5. The zero-order valence-corrected chi connectivity index (χ0v) is 11.2. The first kappa shape index (κ1) is 12.3. The predicted molar refractivity (Wildman–Crippen MR) is 69.9 cm³/mol. The summed E-state index contributed by atoms with van der Waals surface area (Å²) in [5.41, 5.74) is 0. The average molecular weight is 280 g/mol. The van der Waals surface area contributed by atoms with Crippen LogP contribution in [-0.2, 0) is 0 Å². The number of hydrogen-bond donors (Lipinski definition) is 0. The van der Waals surface area contributed by atoms with E-state index in [4.69, 9.17) is 34.8 Å². The lowest BCUT2D eigenvalue weighted by Gasteiger charge is -2.26. The summed E-state index contributed by atoms with van der Waals surface area (Å²) >= 11 is 18.0.